The summed E-state index contributed by atoms with van der Waals surface area (Å²) in [7, 11) is 0. The second kappa shape index (κ2) is 8.06. The summed E-state index contributed by atoms with van der Waals surface area (Å²) in [6, 6.07) is 5.54. The summed E-state index contributed by atoms with van der Waals surface area (Å²) in [6.45, 7) is 7.89. The molecule has 3 aromatic rings. The van der Waals surface area contributed by atoms with Crippen molar-refractivity contribution in [3.8, 4) is 0 Å². The third-order valence-electron chi connectivity index (χ3n) is 4.03. The van der Waals surface area contributed by atoms with Gasteiger partial charge in [0.05, 0.1) is 11.1 Å². The molecule has 3 rings (SSSR count). The first-order chi connectivity index (χ1) is 12.9. The number of aryl methyl sites for hydroxylation is 2. The normalized spacial score (nSPS) is 10.9. The fourth-order valence-corrected chi connectivity index (χ4v) is 4.45. The number of hydrogen-bond acceptors (Lipinski definition) is 5. The van der Waals surface area contributed by atoms with Gasteiger partial charge >= 0.3 is 0 Å². The van der Waals surface area contributed by atoms with Gasteiger partial charge in [-0.25, -0.2) is 9.37 Å². The van der Waals surface area contributed by atoms with Crippen molar-refractivity contribution >= 4 is 44.9 Å². The molecule has 0 radical (unpaired) electrons. The molecule has 0 unspecified atom stereocenters. The number of benzene rings is 1. The Balaban J connectivity index is 1.84. The number of rotatable bonds is 6. The first-order valence-electron chi connectivity index (χ1n) is 8.20. The number of thiophene rings is 1. The zero-order valence-electron chi connectivity index (χ0n) is 14.9. The maximum absolute atomic E-state index is 12.9. The highest BCUT2D eigenvalue weighted by molar-refractivity contribution is 7.99. The van der Waals surface area contributed by atoms with Gasteiger partial charge in [-0.15, -0.1) is 17.9 Å². The molecule has 140 valence electrons. The summed E-state index contributed by atoms with van der Waals surface area (Å²) < 4.78 is 14.5. The summed E-state index contributed by atoms with van der Waals surface area (Å²) in [4.78, 5) is 31.4. The molecule has 0 saturated carbocycles. The molecule has 8 heteroatoms. The van der Waals surface area contributed by atoms with E-state index in [1.807, 2.05) is 13.8 Å². The van der Waals surface area contributed by atoms with E-state index in [-0.39, 0.29) is 23.0 Å². The van der Waals surface area contributed by atoms with Crippen LogP contribution < -0.4 is 10.9 Å². The lowest BCUT2D eigenvalue weighted by Crippen LogP contribution is -2.23. The molecule has 27 heavy (non-hydrogen) atoms. The molecule has 1 N–H and O–H groups in total. The van der Waals surface area contributed by atoms with Gasteiger partial charge in [0.2, 0.25) is 5.91 Å². The molecule has 2 aromatic heterocycles. The van der Waals surface area contributed by atoms with Crippen LogP contribution in [0.15, 0.2) is 46.9 Å². The molecule has 0 spiro atoms. The molecule has 0 bridgehead atoms. The van der Waals surface area contributed by atoms with Gasteiger partial charge in [0.15, 0.2) is 5.16 Å². The van der Waals surface area contributed by atoms with Crippen LogP contribution in [-0.4, -0.2) is 21.2 Å². The molecule has 0 atom stereocenters. The van der Waals surface area contributed by atoms with E-state index in [0.29, 0.717) is 27.6 Å². The Labute approximate surface area is 163 Å². The average Bonchev–Trinajstić information content (AvgIpc) is 2.92. The third-order valence-corrected chi connectivity index (χ3v) is 6.10. The fraction of sp³-hybridized carbons (Fsp3) is 0.211. The average molecular weight is 404 g/mol. The number of halogens is 1. The van der Waals surface area contributed by atoms with Crippen LogP contribution in [0.3, 0.4) is 0 Å². The Morgan fingerprint density at radius 2 is 2.07 bits per heavy atom. The quantitative estimate of drug-likeness (QED) is 0.382. The van der Waals surface area contributed by atoms with Crippen molar-refractivity contribution in [1.29, 1.82) is 0 Å². The number of nitrogens with one attached hydrogen (secondary N) is 1. The molecule has 0 saturated heterocycles. The Bertz CT molecular complexity index is 1070. The van der Waals surface area contributed by atoms with Gasteiger partial charge in [-0.2, -0.15) is 0 Å². The maximum Gasteiger partial charge on any atom is 0.263 e. The smallest absolute Gasteiger partial charge is 0.263 e. The van der Waals surface area contributed by atoms with Crippen LogP contribution in [0.5, 0.6) is 0 Å². The monoisotopic (exact) mass is 403 g/mol. The van der Waals surface area contributed by atoms with Crippen LogP contribution in [0.4, 0.5) is 10.1 Å². The van der Waals surface area contributed by atoms with Crippen LogP contribution in [0, 0.1) is 19.7 Å². The van der Waals surface area contributed by atoms with Crippen LogP contribution in [0.1, 0.15) is 10.4 Å². The number of hydrogen-bond donors (Lipinski definition) is 1. The van der Waals surface area contributed by atoms with Crippen molar-refractivity contribution in [2.75, 3.05) is 11.1 Å². The molecule has 0 fully saturated rings. The maximum atomic E-state index is 12.9. The highest BCUT2D eigenvalue weighted by Gasteiger charge is 2.17. The van der Waals surface area contributed by atoms with Gasteiger partial charge < -0.3 is 5.32 Å². The summed E-state index contributed by atoms with van der Waals surface area (Å²) >= 11 is 2.66. The van der Waals surface area contributed by atoms with E-state index in [0.717, 1.165) is 10.4 Å². The Kier molecular flexibility index (Phi) is 5.76. The molecule has 1 amide bonds. The van der Waals surface area contributed by atoms with Crippen molar-refractivity contribution in [3.05, 3.63) is 63.5 Å². The number of nitrogens with zero attached hydrogens (tertiary/aromatic N) is 2. The molecular formula is C19H18FN3O2S2. The summed E-state index contributed by atoms with van der Waals surface area (Å²) in [5.41, 5.74) is 1.33. The van der Waals surface area contributed by atoms with E-state index in [4.69, 9.17) is 0 Å². The number of amides is 1. The second-order valence-electron chi connectivity index (χ2n) is 5.91. The highest BCUT2D eigenvalue weighted by Crippen LogP contribution is 2.28. The van der Waals surface area contributed by atoms with Crippen molar-refractivity contribution in [3.63, 3.8) is 0 Å². The van der Waals surface area contributed by atoms with Gasteiger partial charge in [-0.3, -0.25) is 14.2 Å². The van der Waals surface area contributed by atoms with E-state index >= 15 is 0 Å². The van der Waals surface area contributed by atoms with Crippen LogP contribution in [-0.2, 0) is 11.3 Å². The van der Waals surface area contributed by atoms with Crippen LogP contribution in [0.2, 0.25) is 0 Å². The highest BCUT2D eigenvalue weighted by atomic mass is 32.2. The molecule has 0 aliphatic carbocycles. The van der Waals surface area contributed by atoms with Crippen molar-refractivity contribution in [1.82, 2.24) is 9.55 Å². The number of fused-ring (bicyclic) bond motifs is 1. The summed E-state index contributed by atoms with van der Waals surface area (Å²) in [5.74, 6) is -0.546. The fourth-order valence-electron chi connectivity index (χ4n) is 2.57. The predicted molar refractivity (Wildman–Crippen MR) is 109 cm³/mol. The van der Waals surface area contributed by atoms with E-state index in [1.54, 1.807) is 6.08 Å². The second-order valence-corrected chi connectivity index (χ2v) is 8.05. The van der Waals surface area contributed by atoms with Crippen molar-refractivity contribution in [2.45, 2.75) is 25.5 Å². The van der Waals surface area contributed by atoms with Gasteiger partial charge in [0.25, 0.3) is 5.56 Å². The summed E-state index contributed by atoms with van der Waals surface area (Å²) in [5, 5.41) is 3.80. The van der Waals surface area contributed by atoms with Gasteiger partial charge in [0, 0.05) is 17.1 Å². The minimum absolute atomic E-state index is 0.0792. The van der Waals surface area contributed by atoms with E-state index in [9.17, 15) is 14.0 Å². The number of aromatic nitrogens is 2. The molecule has 2 heterocycles. The molecule has 0 aliphatic heterocycles. The first kappa shape index (κ1) is 19.3. The third kappa shape index (κ3) is 4.12. The van der Waals surface area contributed by atoms with E-state index in [2.05, 4.69) is 16.9 Å². The largest absolute Gasteiger partial charge is 0.325 e. The van der Waals surface area contributed by atoms with E-state index in [1.165, 1.54) is 51.9 Å². The van der Waals surface area contributed by atoms with Gasteiger partial charge in [-0.1, -0.05) is 17.8 Å². The zero-order valence-corrected chi connectivity index (χ0v) is 16.5. The Morgan fingerprint density at radius 3 is 2.74 bits per heavy atom. The molecular weight excluding hydrogens is 385 g/mol. The minimum atomic E-state index is -0.366. The molecule has 5 nitrogen and oxygen atoms in total. The van der Waals surface area contributed by atoms with E-state index < -0.39 is 0 Å². The zero-order chi connectivity index (χ0) is 19.6. The molecule has 1 aromatic carbocycles. The van der Waals surface area contributed by atoms with Crippen LogP contribution in [0.25, 0.3) is 10.2 Å². The lowest BCUT2D eigenvalue weighted by molar-refractivity contribution is -0.113. The summed E-state index contributed by atoms with van der Waals surface area (Å²) in [6.07, 6.45) is 1.63. The SMILES string of the molecule is C=CCn1c(SCC(=O)Nc2ccc(F)cc2)nc2sc(C)c(C)c2c1=O. The lowest BCUT2D eigenvalue weighted by Gasteiger charge is -2.10. The predicted octanol–water partition coefficient (Wildman–Crippen LogP) is 4.13. The first-order valence-corrected chi connectivity index (χ1v) is 10.0. The topological polar surface area (TPSA) is 64.0 Å². The number of carbonyl (C=O) groups excluding carboxylic acids is 1. The number of thioether (sulfide) groups is 1. The minimum Gasteiger partial charge on any atom is -0.325 e. The number of anilines is 1. The standard InChI is InChI=1S/C19H18FN3O2S2/c1-4-9-23-18(25)16-11(2)12(3)27-17(16)22-19(23)26-10-15(24)21-14-7-5-13(20)6-8-14/h4-8H,1,9-10H2,2-3H3,(H,21,24). The van der Waals surface area contributed by atoms with Crippen molar-refractivity contribution < 1.29 is 9.18 Å². The van der Waals surface area contributed by atoms with Gasteiger partial charge in [0.1, 0.15) is 10.6 Å². The molecule has 0 aliphatic rings. The van der Waals surface area contributed by atoms with Gasteiger partial charge in [-0.05, 0) is 43.7 Å². The lowest BCUT2D eigenvalue weighted by atomic mass is 10.2. The Morgan fingerprint density at radius 1 is 1.37 bits per heavy atom. The van der Waals surface area contributed by atoms with Crippen molar-refractivity contribution in [2.24, 2.45) is 0 Å². The number of carbonyl (C=O) groups is 1. The Hall–Kier alpha value is -2.45. The van der Waals surface area contributed by atoms with Crippen LogP contribution >= 0.6 is 23.1 Å². The number of allylic oxidation sites excluding steroid dienone is 1.